The molecule has 2 amide bonds. The number of hydrogen-bond donors (Lipinski definition) is 0. The van der Waals surface area contributed by atoms with Crippen LogP contribution in [0.5, 0.6) is 0 Å². The van der Waals surface area contributed by atoms with E-state index < -0.39 is 0 Å². The molecule has 0 bridgehead atoms. The lowest BCUT2D eigenvalue weighted by molar-refractivity contribution is -0.144. The number of nitrogens with zero attached hydrogens (tertiary/aromatic N) is 3. The van der Waals surface area contributed by atoms with Crippen LogP contribution in [0, 0.1) is 5.92 Å². The highest BCUT2D eigenvalue weighted by molar-refractivity contribution is 5.87. The van der Waals surface area contributed by atoms with E-state index in [1.54, 1.807) is 4.90 Å². The van der Waals surface area contributed by atoms with E-state index in [-0.39, 0.29) is 36.4 Å². The van der Waals surface area contributed by atoms with Gasteiger partial charge in [-0.25, -0.2) is 0 Å². The van der Waals surface area contributed by atoms with E-state index in [0.717, 1.165) is 37.9 Å². The average molecular weight is 436 g/mol. The van der Waals surface area contributed by atoms with Gasteiger partial charge in [0, 0.05) is 36.4 Å². The lowest BCUT2D eigenvalue weighted by atomic mass is 9.94. The number of hydrogen-bond acceptors (Lipinski definition) is 2. The van der Waals surface area contributed by atoms with E-state index in [1.807, 2.05) is 19.9 Å². The van der Waals surface area contributed by atoms with E-state index in [2.05, 4.69) is 52.1 Å². The fourth-order valence-corrected chi connectivity index (χ4v) is 4.83. The molecule has 0 aliphatic heterocycles. The minimum Gasteiger partial charge on any atom is -0.345 e. The van der Waals surface area contributed by atoms with Crippen molar-refractivity contribution in [2.24, 2.45) is 5.92 Å². The standard InChI is InChI=1S/C27H37N3O2/c1-21(2)29(27(32)23-15-16-23)20-26(31)30(24-12-7-4-8-13-24)19-25-14-9-17-28(25)18-22-10-5-3-6-11-22/h3,5-6,9-11,14,17,21,23-24H,4,7-8,12-13,15-16,18-20H2,1-2H3. The van der Waals surface area contributed by atoms with E-state index in [0.29, 0.717) is 6.54 Å². The van der Waals surface area contributed by atoms with Gasteiger partial charge in [0.1, 0.15) is 6.54 Å². The molecule has 0 radical (unpaired) electrons. The fourth-order valence-electron chi connectivity index (χ4n) is 4.83. The van der Waals surface area contributed by atoms with Gasteiger partial charge < -0.3 is 14.4 Å². The lowest BCUT2D eigenvalue weighted by Gasteiger charge is -2.37. The topological polar surface area (TPSA) is 45.6 Å². The lowest BCUT2D eigenvalue weighted by Crippen LogP contribution is -2.49. The van der Waals surface area contributed by atoms with Gasteiger partial charge in [-0.05, 0) is 57.2 Å². The molecule has 2 aliphatic carbocycles. The third-order valence-corrected chi connectivity index (χ3v) is 6.93. The summed E-state index contributed by atoms with van der Waals surface area (Å²) in [5, 5.41) is 0. The van der Waals surface area contributed by atoms with Crippen molar-refractivity contribution in [1.29, 1.82) is 0 Å². The van der Waals surface area contributed by atoms with Gasteiger partial charge in [-0.1, -0.05) is 49.6 Å². The molecule has 5 nitrogen and oxygen atoms in total. The molecule has 0 N–H and O–H groups in total. The van der Waals surface area contributed by atoms with Crippen molar-refractivity contribution in [2.45, 2.75) is 84.0 Å². The summed E-state index contributed by atoms with van der Waals surface area (Å²) in [5.41, 5.74) is 2.40. The summed E-state index contributed by atoms with van der Waals surface area (Å²) < 4.78 is 2.24. The smallest absolute Gasteiger partial charge is 0.242 e. The summed E-state index contributed by atoms with van der Waals surface area (Å²) >= 11 is 0. The molecule has 1 heterocycles. The molecule has 2 aliphatic rings. The summed E-state index contributed by atoms with van der Waals surface area (Å²) in [6, 6.07) is 14.9. The number of carbonyl (C=O) groups is 2. The highest BCUT2D eigenvalue weighted by Crippen LogP contribution is 2.32. The minimum atomic E-state index is 0.0437. The SMILES string of the molecule is CC(C)N(CC(=O)N(Cc1cccn1Cc1ccccc1)C1CCCCC1)C(=O)C1CC1. The largest absolute Gasteiger partial charge is 0.345 e. The van der Waals surface area contributed by atoms with Crippen LogP contribution in [0.1, 0.15) is 70.1 Å². The Labute approximate surface area is 192 Å². The van der Waals surface area contributed by atoms with Crippen molar-refractivity contribution in [1.82, 2.24) is 14.4 Å². The second-order valence-corrected chi connectivity index (χ2v) is 9.76. The number of benzene rings is 1. The van der Waals surface area contributed by atoms with Gasteiger partial charge in [0.05, 0.1) is 6.54 Å². The maximum absolute atomic E-state index is 13.6. The molecule has 1 aromatic heterocycles. The Balaban J connectivity index is 1.51. The zero-order chi connectivity index (χ0) is 22.5. The highest BCUT2D eigenvalue weighted by Gasteiger charge is 2.36. The summed E-state index contributed by atoms with van der Waals surface area (Å²) in [6.45, 7) is 5.64. The summed E-state index contributed by atoms with van der Waals surface area (Å²) in [4.78, 5) is 30.3. The molecule has 0 saturated heterocycles. The summed E-state index contributed by atoms with van der Waals surface area (Å²) in [7, 11) is 0. The van der Waals surface area contributed by atoms with Gasteiger partial charge >= 0.3 is 0 Å². The van der Waals surface area contributed by atoms with Crippen LogP contribution in [-0.2, 0) is 22.7 Å². The van der Waals surface area contributed by atoms with Crippen LogP contribution in [-0.4, -0.2) is 44.8 Å². The van der Waals surface area contributed by atoms with Crippen molar-refractivity contribution in [2.75, 3.05) is 6.54 Å². The Morgan fingerprint density at radius 3 is 2.34 bits per heavy atom. The number of aromatic nitrogens is 1. The van der Waals surface area contributed by atoms with Gasteiger partial charge in [-0.15, -0.1) is 0 Å². The molecule has 1 aromatic carbocycles. The minimum absolute atomic E-state index is 0.0437. The highest BCUT2D eigenvalue weighted by atomic mass is 16.2. The van der Waals surface area contributed by atoms with Crippen LogP contribution < -0.4 is 0 Å². The third-order valence-electron chi connectivity index (χ3n) is 6.93. The Bertz CT molecular complexity index is 895. The van der Waals surface area contributed by atoms with Crippen LogP contribution >= 0.6 is 0 Å². The maximum Gasteiger partial charge on any atom is 0.242 e. The first-order valence-electron chi connectivity index (χ1n) is 12.3. The Morgan fingerprint density at radius 1 is 0.969 bits per heavy atom. The van der Waals surface area contributed by atoms with Crippen LogP contribution in [0.2, 0.25) is 0 Å². The summed E-state index contributed by atoms with van der Waals surface area (Å²) in [6.07, 6.45) is 9.75. The quantitative estimate of drug-likeness (QED) is 0.565. The van der Waals surface area contributed by atoms with Crippen LogP contribution in [0.4, 0.5) is 0 Å². The number of rotatable bonds is 9. The van der Waals surface area contributed by atoms with Crippen molar-refractivity contribution in [3.63, 3.8) is 0 Å². The van der Waals surface area contributed by atoms with Gasteiger partial charge in [0.15, 0.2) is 0 Å². The van der Waals surface area contributed by atoms with Crippen molar-refractivity contribution >= 4 is 11.8 Å². The Hall–Kier alpha value is -2.56. The maximum atomic E-state index is 13.6. The molecule has 172 valence electrons. The van der Waals surface area contributed by atoms with Crippen LogP contribution in [0.15, 0.2) is 48.7 Å². The third kappa shape index (κ3) is 5.62. The van der Waals surface area contributed by atoms with Gasteiger partial charge in [0.25, 0.3) is 0 Å². The molecular weight excluding hydrogens is 398 g/mol. The van der Waals surface area contributed by atoms with Crippen LogP contribution in [0.25, 0.3) is 0 Å². The summed E-state index contributed by atoms with van der Waals surface area (Å²) in [5.74, 6) is 0.382. The molecule has 0 atom stereocenters. The zero-order valence-corrected chi connectivity index (χ0v) is 19.6. The second kappa shape index (κ2) is 10.4. The van der Waals surface area contributed by atoms with E-state index in [4.69, 9.17) is 0 Å². The molecule has 2 fully saturated rings. The normalized spacial score (nSPS) is 16.8. The average Bonchev–Trinajstić information content (AvgIpc) is 3.57. The van der Waals surface area contributed by atoms with E-state index >= 15 is 0 Å². The molecule has 0 spiro atoms. The first-order valence-corrected chi connectivity index (χ1v) is 12.3. The first-order chi connectivity index (χ1) is 15.5. The predicted octanol–water partition coefficient (Wildman–Crippen LogP) is 4.84. The molecule has 2 saturated carbocycles. The fraction of sp³-hybridized carbons (Fsp3) is 0.556. The van der Waals surface area contributed by atoms with Gasteiger partial charge in [-0.3, -0.25) is 9.59 Å². The van der Waals surface area contributed by atoms with Gasteiger partial charge in [0.2, 0.25) is 11.8 Å². The Kier molecular flexibility index (Phi) is 7.33. The first kappa shape index (κ1) is 22.6. The van der Waals surface area contributed by atoms with E-state index in [1.165, 1.54) is 24.8 Å². The predicted molar refractivity (Wildman–Crippen MR) is 127 cm³/mol. The molecule has 2 aromatic rings. The Morgan fingerprint density at radius 2 is 1.69 bits per heavy atom. The van der Waals surface area contributed by atoms with Crippen molar-refractivity contribution in [3.8, 4) is 0 Å². The number of amides is 2. The number of carbonyl (C=O) groups excluding carboxylic acids is 2. The monoisotopic (exact) mass is 435 g/mol. The van der Waals surface area contributed by atoms with Crippen molar-refractivity contribution in [3.05, 3.63) is 59.9 Å². The van der Waals surface area contributed by atoms with Crippen molar-refractivity contribution < 1.29 is 9.59 Å². The van der Waals surface area contributed by atoms with Crippen LogP contribution in [0.3, 0.4) is 0 Å². The molecule has 4 rings (SSSR count). The zero-order valence-electron chi connectivity index (χ0n) is 19.6. The second-order valence-electron chi connectivity index (χ2n) is 9.76. The van der Waals surface area contributed by atoms with E-state index in [9.17, 15) is 9.59 Å². The molecule has 32 heavy (non-hydrogen) atoms. The molecule has 0 unspecified atom stereocenters. The molecule has 5 heteroatoms. The molecular formula is C27H37N3O2. The van der Waals surface area contributed by atoms with Gasteiger partial charge in [-0.2, -0.15) is 0 Å².